The fraction of sp³-hybridized carbons (Fsp3) is 0.0909. The number of nitrogen functional groups attached to an aromatic ring is 1. The number of thiophene rings is 1. The minimum Gasteiger partial charge on any atom is -0.398 e. The van der Waals surface area contributed by atoms with Gasteiger partial charge < -0.3 is 11.1 Å². The molecular weight excluding hydrogens is 247 g/mol. The predicted octanol–water partition coefficient (Wildman–Crippen LogP) is 3.73. The Bertz CT molecular complexity index is 498. The molecule has 1 aromatic carbocycles. The Kier molecular flexibility index (Phi) is 3.31. The molecule has 1 aromatic heterocycles. The fourth-order valence-corrected chi connectivity index (χ4v) is 2.14. The van der Waals surface area contributed by atoms with Crippen LogP contribution in [0.3, 0.4) is 0 Å². The molecule has 84 valence electrons. The van der Waals surface area contributed by atoms with Gasteiger partial charge in [0, 0.05) is 16.3 Å². The zero-order chi connectivity index (χ0) is 11.5. The molecule has 0 bridgehead atoms. The van der Waals surface area contributed by atoms with Crippen molar-refractivity contribution in [1.29, 1.82) is 0 Å². The van der Waals surface area contributed by atoms with E-state index < -0.39 is 5.82 Å². The summed E-state index contributed by atoms with van der Waals surface area (Å²) in [4.78, 5) is 1.04. The van der Waals surface area contributed by atoms with Crippen LogP contribution in [0.2, 0.25) is 5.02 Å². The van der Waals surface area contributed by atoms with Crippen molar-refractivity contribution in [2.24, 2.45) is 0 Å². The molecule has 2 nitrogen and oxygen atoms in total. The summed E-state index contributed by atoms with van der Waals surface area (Å²) in [6.07, 6.45) is 0. The van der Waals surface area contributed by atoms with E-state index in [1.807, 2.05) is 11.4 Å². The molecule has 3 N–H and O–H groups in total. The molecule has 16 heavy (non-hydrogen) atoms. The average molecular weight is 257 g/mol. The summed E-state index contributed by atoms with van der Waals surface area (Å²) in [5.74, 6) is -0.425. The van der Waals surface area contributed by atoms with E-state index in [1.54, 1.807) is 17.4 Å². The van der Waals surface area contributed by atoms with Gasteiger partial charge in [0.05, 0.1) is 11.6 Å². The normalized spacial score (nSPS) is 10.4. The van der Waals surface area contributed by atoms with Crippen molar-refractivity contribution in [2.45, 2.75) is 6.54 Å². The molecule has 2 rings (SSSR count). The third kappa shape index (κ3) is 2.46. The van der Waals surface area contributed by atoms with Gasteiger partial charge in [-0.2, -0.15) is 0 Å². The molecular formula is C11H10ClFN2S. The second-order valence-corrected chi connectivity index (χ2v) is 4.69. The lowest BCUT2D eigenvalue weighted by Gasteiger charge is -2.06. The van der Waals surface area contributed by atoms with Crippen LogP contribution in [-0.4, -0.2) is 0 Å². The summed E-state index contributed by atoms with van der Waals surface area (Å²) in [6, 6.07) is 6.47. The largest absolute Gasteiger partial charge is 0.398 e. The van der Waals surface area contributed by atoms with E-state index in [0.29, 0.717) is 12.2 Å². The SMILES string of the molecule is Nc1ccsc1CNc1ccc(Cl)c(F)c1. The Hall–Kier alpha value is -1.26. The van der Waals surface area contributed by atoms with Crippen LogP contribution in [0.4, 0.5) is 15.8 Å². The van der Waals surface area contributed by atoms with Crippen LogP contribution in [0.5, 0.6) is 0 Å². The highest BCUT2D eigenvalue weighted by atomic mass is 35.5. The Morgan fingerprint density at radius 1 is 1.38 bits per heavy atom. The monoisotopic (exact) mass is 256 g/mol. The second-order valence-electron chi connectivity index (χ2n) is 3.28. The second kappa shape index (κ2) is 4.72. The van der Waals surface area contributed by atoms with Crippen LogP contribution in [0.25, 0.3) is 0 Å². The highest BCUT2D eigenvalue weighted by Gasteiger charge is 2.03. The summed E-state index contributed by atoms with van der Waals surface area (Å²) in [6.45, 7) is 0.588. The zero-order valence-electron chi connectivity index (χ0n) is 8.34. The number of halogens is 2. The van der Waals surface area contributed by atoms with Crippen LogP contribution in [0.15, 0.2) is 29.6 Å². The zero-order valence-corrected chi connectivity index (χ0v) is 9.91. The maximum atomic E-state index is 13.1. The summed E-state index contributed by atoms with van der Waals surface area (Å²) >= 11 is 7.15. The minimum atomic E-state index is -0.425. The van der Waals surface area contributed by atoms with Gasteiger partial charge in [0.2, 0.25) is 0 Å². The molecule has 0 radical (unpaired) electrons. The maximum absolute atomic E-state index is 13.1. The van der Waals surface area contributed by atoms with Crippen molar-refractivity contribution in [1.82, 2.24) is 0 Å². The van der Waals surface area contributed by atoms with Crippen LogP contribution in [0.1, 0.15) is 4.88 Å². The standard InChI is InChI=1S/C11H10ClFN2S/c12-8-2-1-7(5-9(8)13)15-6-11-10(14)3-4-16-11/h1-5,15H,6,14H2. The molecule has 0 atom stereocenters. The molecule has 0 spiro atoms. The van der Waals surface area contributed by atoms with Gasteiger partial charge in [0.1, 0.15) is 5.82 Å². The number of benzene rings is 1. The first-order chi connectivity index (χ1) is 7.66. The first-order valence-corrected chi connectivity index (χ1v) is 5.93. The molecule has 2 aromatic rings. The minimum absolute atomic E-state index is 0.126. The molecule has 0 aliphatic carbocycles. The lowest BCUT2D eigenvalue weighted by molar-refractivity contribution is 0.628. The van der Waals surface area contributed by atoms with Gasteiger partial charge in [-0.15, -0.1) is 11.3 Å². The van der Waals surface area contributed by atoms with E-state index in [1.165, 1.54) is 12.1 Å². The Balaban J connectivity index is 2.05. The van der Waals surface area contributed by atoms with Gasteiger partial charge >= 0.3 is 0 Å². The van der Waals surface area contributed by atoms with Crippen molar-refractivity contribution in [3.05, 3.63) is 45.4 Å². The Morgan fingerprint density at radius 3 is 2.81 bits per heavy atom. The molecule has 0 aliphatic heterocycles. The number of nitrogens with one attached hydrogen (secondary N) is 1. The first kappa shape index (κ1) is 11.2. The lowest BCUT2D eigenvalue weighted by atomic mass is 10.3. The van der Waals surface area contributed by atoms with E-state index in [4.69, 9.17) is 17.3 Å². The molecule has 0 saturated carbocycles. The summed E-state index contributed by atoms with van der Waals surface area (Å²) in [7, 11) is 0. The summed E-state index contributed by atoms with van der Waals surface area (Å²) < 4.78 is 13.1. The third-order valence-corrected chi connectivity index (χ3v) is 3.40. The van der Waals surface area contributed by atoms with E-state index in [-0.39, 0.29) is 5.02 Å². The van der Waals surface area contributed by atoms with Crippen LogP contribution in [0, 0.1) is 5.82 Å². The van der Waals surface area contributed by atoms with Crippen molar-refractivity contribution < 1.29 is 4.39 Å². The number of rotatable bonds is 3. The number of anilines is 2. The Morgan fingerprint density at radius 2 is 2.19 bits per heavy atom. The fourth-order valence-electron chi connectivity index (χ4n) is 1.28. The van der Waals surface area contributed by atoms with Gasteiger partial charge in [0.25, 0.3) is 0 Å². The van der Waals surface area contributed by atoms with Gasteiger partial charge in [0.15, 0.2) is 0 Å². The highest BCUT2D eigenvalue weighted by molar-refractivity contribution is 7.10. The average Bonchev–Trinajstić information content (AvgIpc) is 2.66. The molecule has 0 saturated heterocycles. The number of hydrogen-bond donors (Lipinski definition) is 2. The van der Waals surface area contributed by atoms with Crippen molar-refractivity contribution in [2.75, 3.05) is 11.1 Å². The van der Waals surface area contributed by atoms with Gasteiger partial charge in [-0.1, -0.05) is 11.6 Å². The van der Waals surface area contributed by atoms with Gasteiger partial charge in [-0.3, -0.25) is 0 Å². The summed E-state index contributed by atoms with van der Waals surface area (Å²) in [5.41, 5.74) is 7.18. The van der Waals surface area contributed by atoms with Crippen molar-refractivity contribution in [3.8, 4) is 0 Å². The van der Waals surface area contributed by atoms with Gasteiger partial charge in [-0.05, 0) is 29.6 Å². The van der Waals surface area contributed by atoms with Crippen LogP contribution >= 0.6 is 22.9 Å². The Labute approximate surface area is 102 Å². The molecule has 5 heteroatoms. The molecule has 1 heterocycles. The number of nitrogens with two attached hydrogens (primary N) is 1. The first-order valence-electron chi connectivity index (χ1n) is 4.67. The molecule has 0 unspecified atom stereocenters. The quantitative estimate of drug-likeness (QED) is 0.878. The third-order valence-electron chi connectivity index (χ3n) is 2.15. The molecule has 0 fully saturated rings. The van der Waals surface area contributed by atoms with Crippen LogP contribution in [-0.2, 0) is 6.54 Å². The van der Waals surface area contributed by atoms with E-state index in [2.05, 4.69) is 5.32 Å². The van der Waals surface area contributed by atoms with Crippen LogP contribution < -0.4 is 11.1 Å². The van der Waals surface area contributed by atoms with E-state index in [0.717, 1.165) is 10.6 Å². The predicted molar refractivity (Wildman–Crippen MR) is 67.5 cm³/mol. The maximum Gasteiger partial charge on any atom is 0.143 e. The molecule has 0 aliphatic rings. The van der Waals surface area contributed by atoms with Crippen molar-refractivity contribution in [3.63, 3.8) is 0 Å². The smallest absolute Gasteiger partial charge is 0.143 e. The van der Waals surface area contributed by atoms with E-state index in [9.17, 15) is 4.39 Å². The summed E-state index contributed by atoms with van der Waals surface area (Å²) in [5, 5.41) is 5.14. The highest BCUT2D eigenvalue weighted by Crippen LogP contribution is 2.22. The number of hydrogen-bond acceptors (Lipinski definition) is 3. The van der Waals surface area contributed by atoms with Gasteiger partial charge in [-0.25, -0.2) is 4.39 Å². The molecule has 0 amide bonds. The lowest BCUT2D eigenvalue weighted by Crippen LogP contribution is -2.00. The van der Waals surface area contributed by atoms with Crippen molar-refractivity contribution >= 4 is 34.3 Å². The topological polar surface area (TPSA) is 38.0 Å². The van der Waals surface area contributed by atoms with E-state index >= 15 is 0 Å².